The van der Waals surface area contributed by atoms with Crippen LogP contribution < -0.4 is 16.0 Å². The summed E-state index contributed by atoms with van der Waals surface area (Å²) in [4.78, 5) is 24.2. The van der Waals surface area contributed by atoms with Crippen LogP contribution in [0.4, 0.5) is 17.1 Å². The number of carbonyl (C=O) groups excluding carboxylic acids is 2. The van der Waals surface area contributed by atoms with Crippen molar-refractivity contribution in [2.24, 2.45) is 5.92 Å². The van der Waals surface area contributed by atoms with Gasteiger partial charge in [-0.3, -0.25) is 9.59 Å². The highest BCUT2D eigenvalue weighted by Gasteiger charge is 2.29. The highest BCUT2D eigenvalue weighted by atomic mass is 35.5. The molecule has 1 saturated carbocycles. The fraction of sp³-hybridized carbons (Fsp3) is 0.263. The third kappa shape index (κ3) is 4.73. The number of hydrogen-bond donors (Lipinski definition) is 3. The third-order valence-corrected chi connectivity index (χ3v) is 4.32. The SMILES string of the molecule is CC(Nc1cccc(NC(=O)C2CC2)c1)C(=O)Nc1ccccc1Cl. The van der Waals surface area contributed by atoms with Crippen molar-refractivity contribution in [2.75, 3.05) is 16.0 Å². The lowest BCUT2D eigenvalue weighted by atomic mass is 10.2. The molecule has 0 bridgehead atoms. The van der Waals surface area contributed by atoms with Crippen molar-refractivity contribution in [1.29, 1.82) is 0 Å². The molecule has 0 spiro atoms. The molecule has 1 unspecified atom stereocenters. The maximum Gasteiger partial charge on any atom is 0.246 e. The van der Waals surface area contributed by atoms with Crippen LogP contribution in [0.2, 0.25) is 5.02 Å². The molecule has 1 aliphatic rings. The lowest BCUT2D eigenvalue weighted by Gasteiger charge is -2.16. The largest absolute Gasteiger partial charge is 0.374 e. The summed E-state index contributed by atoms with van der Waals surface area (Å²) in [6.45, 7) is 1.77. The van der Waals surface area contributed by atoms with Crippen LogP contribution in [0, 0.1) is 5.92 Å². The summed E-state index contributed by atoms with van der Waals surface area (Å²) >= 11 is 6.06. The van der Waals surface area contributed by atoms with Gasteiger partial charge in [-0.2, -0.15) is 0 Å². The molecule has 1 fully saturated rings. The van der Waals surface area contributed by atoms with Crippen molar-refractivity contribution < 1.29 is 9.59 Å². The second-order valence-electron chi connectivity index (χ2n) is 6.18. The number of carbonyl (C=O) groups is 2. The van der Waals surface area contributed by atoms with Gasteiger partial charge in [-0.25, -0.2) is 0 Å². The fourth-order valence-corrected chi connectivity index (χ4v) is 2.58. The monoisotopic (exact) mass is 357 g/mol. The molecule has 0 heterocycles. The Labute approximate surface area is 151 Å². The molecule has 5 nitrogen and oxygen atoms in total. The Morgan fingerprint density at radius 1 is 1.04 bits per heavy atom. The number of para-hydroxylation sites is 1. The Morgan fingerprint density at radius 3 is 2.48 bits per heavy atom. The van der Waals surface area contributed by atoms with Crippen LogP contribution >= 0.6 is 11.6 Å². The first kappa shape index (κ1) is 17.3. The van der Waals surface area contributed by atoms with E-state index in [-0.39, 0.29) is 17.7 Å². The second kappa shape index (κ2) is 7.57. The van der Waals surface area contributed by atoms with E-state index in [4.69, 9.17) is 11.6 Å². The Hall–Kier alpha value is -2.53. The van der Waals surface area contributed by atoms with Crippen LogP contribution in [0.5, 0.6) is 0 Å². The average molecular weight is 358 g/mol. The second-order valence-corrected chi connectivity index (χ2v) is 6.59. The van der Waals surface area contributed by atoms with Gasteiger partial charge in [0, 0.05) is 17.3 Å². The Kier molecular flexibility index (Phi) is 5.24. The summed E-state index contributed by atoms with van der Waals surface area (Å²) in [5.74, 6) is 0.0131. The van der Waals surface area contributed by atoms with Gasteiger partial charge in [0.1, 0.15) is 6.04 Å². The van der Waals surface area contributed by atoms with Gasteiger partial charge in [0.2, 0.25) is 11.8 Å². The molecular formula is C19H20ClN3O2. The van der Waals surface area contributed by atoms with E-state index in [1.165, 1.54) is 0 Å². The van der Waals surface area contributed by atoms with E-state index in [1.54, 1.807) is 25.1 Å². The first-order valence-corrected chi connectivity index (χ1v) is 8.63. The van der Waals surface area contributed by atoms with Crippen LogP contribution in [0.15, 0.2) is 48.5 Å². The van der Waals surface area contributed by atoms with Gasteiger partial charge in [0.05, 0.1) is 10.7 Å². The maximum absolute atomic E-state index is 12.3. The van der Waals surface area contributed by atoms with Crippen molar-refractivity contribution in [1.82, 2.24) is 0 Å². The summed E-state index contributed by atoms with van der Waals surface area (Å²) in [7, 11) is 0. The smallest absolute Gasteiger partial charge is 0.246 e. The van der Waals surface area contributed by atoms with E-state index < -0.39 is 6.04 Å². The summed E-state index contributed by atoms with van der Waals surface area (Å²) in [6, 6.07) is 14.0. The minimum atomic E-state index is -0.467. The van der Waals surface area contributed by atoms with Crippen molar-refractivity contribution in [3.05, 3.63) is 53.6 Å². The number of hydrogen-bond acceptors (Lipinski definition) is 3. The fourth-order valence-electron chi connectivity index (χ4n) is 2.40. The van der Waals surface area contributed by atoms with Gasteiger partial charge in [0.25, 0.3) is 0 Å². The molecule has 0 aromatic heterocycles. The van der Waals surface area contributed by atoms with E-state index >= 15 is 0 Å². The quantitative estimate of drug-likeness (QED) is 0.728. The molecule has 3 rings (SSSR count). The van der Waals surface area contributed by atoms with Gasteiger partial charge in [0.15, 0.2) is 0 Å². The Morgan fingerprint density at radius 2 is 1.76 bits per heavy atom. The number of benzene rings is 2. The first-order valence-electron chi connectivity index (χ1n) is 8.26. The number of anilines is 3. The van der Waals surface area contributed by atoms with Crippen molar-refractivity contribution in [2.45, 2.75) is 25.8 Å². The van der Waals surface area contributed by atoms with E-state index in [1.807, 2.05) is 30.3 Å². The predicted octanol–water partition coefficient (Wildman–Crippen LogP) is 4.13. The molecule has 0 saturated heterocycles. The third-order valence-electron chi connectivity index (χ3n) is 3.99. The minimum absolute atomic E-state index is 0.0571. The van der Waals surface area contributed by atoms with Crippen molar-refractivity contribution in [3.63, 3.8) is 0 Å². The van der Waals surface area contributed by atoms with Crippen LogP contribution in [-0.2, 0) is 9.59 Å². The van der Waals surface area contributed by atoms with E-state index in [9.17, 15) is 9.59 Å². The van der Waals surface area contributed by atoms with Crippen LogP contribution in [0.1, 0.15) is 19.8 Å². The van der Waals surface area contributed by atoms with Crippen LogP contribution in [0.25, 0.3) is 0 Å². The molecule has 2 aromatic carbocycles. The van der Waals surface area contributed by atoms with Gasteiger partial charge in [-0.15, -0.1) is 0 Å². The molecule has 6 heteroatoms. The first-order chi connectivity index (χ1) is 12.0. The molecule has 3 N–H and O–H groups in total. The molecule has 1 atom stereocenters. The molecule has 2 aromatic rings. The van der Waals surface area contributed by atoms with Crippen molar-refractivity contribution in [3.8, 4) is 0 Å². The number of rotatable bonds is 6. The lowest BCUT2D eigenvalue weighted by molar-refractivity contribution is -0.117. The maximum atomic E-state index is 12.3. The number of halogens is 1. The van der Waals surface area contributed by atoms with Gasteiger partial charge >= 0.3 is 0 Å². The van der Waals surface area contributed by atoms with Gasteiger partial charge < -0.3 is 16.0 Å². The standard InChI is InChI=1S/C19H20ClN3O2/c1-12(18(24)23-17-8-3-2-7-16(17)20)21-14-5-4-6-15(11-14)22-19(25)13-9-10-13/h2-8,11-13,21H,9-10H2,1H3,(H,22,25)(H,23,24). The topological polar surface area (TPSA) is 70.2 Å². The van der Waals surface area contributed by atoms with Crippen molar-refractivity contribution >= 4 is 40.5 Å². The minimum Gasteiger partial charge on any atom is -0.374 e. The predicted molar refractivity (Wildman–Crippen MR) is 101 cm³/mol. The summed E-state index contributed by atoms with van der Waals surface area (Å²) < 4.78 is 0. The van der Waals surface area contributed by atoms with Crippen LogP contribution in [-0.4, -0.2) is 17.9 Å². The van der Waals surface area contributed by atoms with Gasteiger partial charge in [-0.1, -0.05) is 29.8 Å². The Balaban J connectivity index is 1.60. The van der Waals surface area contributed by atoms with Gasteiger partial charge in [-0.05, 0) is 50.1 Å². The average Bonchev–Trinajstić information content (AvgIpc) is 3.42. The summed E-state index contributed by atoms with van der Waals surface area (Å²) in [5, 5.41) is 9.32. The zero-order valence-electron chi connectivity index (χ0n) is 13.9. The highest BCUT2D eigenvalue weighted by Crippen LogP contribution is 2.30. The zero-order chi connectivity index (χ0) is 17.8. The molecule has 0 aliphatic heterocycles. The number of nitrogens with one attached hydrogen (secondary N) is 3. The molecule has 2 amide bonds. The van der Waals surface area contributed by atoms with E-state index in [2.05, 4.69) is 16.0 Å². The van der Waals surface area contributed by atoms with Crippen LogP contribution in [0.3, 0.4) is 0 Å². The molecule has 1 aliphatic carbocycles. The summed E-state index contributed by atoms with van der Waals surface area (Å²) in [6.07, 6.45) is 1.92. The molecule has 130 valence electrons. The zero-order valence-corrected chi connectivity index (χ0v) is 14.6. The molecule has 0 radical (unpaired) electrons. The van der Waals surface area contributed by atoms with E-state index in [0.717, 1.165) is 24.2 Å². The Bertz CT molecular complexity index is 790. The molecule has 25 heavy (non-hydrogen) atoms. The highest BCUT2D eigenvalue weighted by molar-refractivity contribution is 6.33. The lowest BCUT2D eigenvalue weighted by Crippen LogP contribution is -2.32. The normalized spacial score (nSPS) is 14.5. The van der Waals surface area contributed by atoms with E-state index in [0.29, 0.717) is 10.7 Å². The number of amides is 2. The summed E-state index contributed by atoms with van der Waals surface area (Å²) in [5.41, 5.74) is 2.06. The molecular weight excluding hydrogens is 338 g/mol.